The third-order valence-corrected chi connectivity index (χ3v) is 2.64. The molecule has 0 saturated carbocycles. The van der Waals surface area contributed by atoms with Crippen molar-refractivity contribution in [2.45, 2.75) is 19.9 Å². The summed E-state index contributed by atoms with van der Waals surface area (Å²) in [5.74, 6) is 0.766. The maximum Gasteiger partial charge on any atom is 0.137 e. The van der Waals surface area contributed by atoms with Crippen LogP contribution in [-0.2, 0) is 9.47 Å². The fourth-order valence-electron chi connectivity index (χ4n) is 1.61. The van der Waals surface area contributed by atoms with Crippen LogP contribution in [0, 0.1) is 0 Å². The predicted molar refractivity (Wildman–Crippen MR) is 74.5 cm³/mol. The van der Waals surface area contributed by atoms with Crippen molar-refractivity contribution in [1.82, 2.24) is 10.3 Å². The highest BCUT2D eigenvalue weighted by Gasteiger charge is 2.04. The van der Waals surface area contributed by atoms with Crippen LogP contribution in [0.3, 0.4) is 0 Å². The minimum atomic E-state index is 0.261. The molecule has 5 nitrogen and oxygen atoms in total. The second kappa shape index (κ2) is 9.72. The first-order chi connectivity index (χ1) is 9.27. The molecule has 0 saturated heterocycles. The molecule has 0 radical (unpaired) electrons. The summed E-state index contributed by atoms with van der Waals surface area (Å²) in [6, 6.07) is 4.18. The minimum Gasteiger partial charge on any atom is -0.490 e. The van der Waals surface area contributed by atoms with Crippen molar-refractivity contribution < 1.29 is 14.2 Å². The van der Waals surface area contributed by atoms with Crippen LogP contribution in [0.15, 0.2) is 18.3 Å². The van der Waals surface area contributed by atoms with Gasteiger partial charge in [-0.1, -0.05) is 6.92 Å². The molecule has 0 fully saturated rings. The quantitative estimate of drug-likeness (QED) is 0.656. The van der Waals surface area contributed by atoms with E-state index in [0.29, 0.717) is 26.4 Å². The predicted octanol–water partition coefficient (Wildman–Crippen LogP) is 1.79. The van der Waals surface area contributed by atoms with E-state index >= 15 is 0 Å². The van der Waals surface area contributed by atoms with Crippen molar-refractivity contribution in [2.24, 2.45) is 0 Å². The van der Waals surface area contributed by atoms with Gasteiger partial charge in [-0.15, -0.1) is 0 Å². The number of hydrogen-bond donors (Lipinski definition) is 1. The maximum absolute atomic E-state index is 5.53. The molecule has 19 heavy (non-hydrogen) atoms. The Balaban J connectivity index is 2.24. The summed E-state index contributed by atoms with van der Waals surface area (Å²) in [6.45, 7) is 7.38. The van der Waals surface area contributed by atoms with Gasteiger partial charge in [-0.2, -0.15) is 0 Å². The third-order valence-electron chi connectivity index (χ3n) is 2.64. The number of pyridine rings is 1. The first kappa shape index (κ1) is 15.9. The highest BCUT2D eigenvalue weighted by atomic mass is 16.5. The van der Waals surface area contributed by atoms with Crippen molar-refractivity contribution in [2.75, 3.05) is 40.1 Å². The number of methoxy groups -OCH3 is 1. The summed E-state index contributed by atoms with van der Waals surface area (Å²) in [7, 11) is 1.65. The lowest BCUT2D eigenvalue weighted by Gasteiger charge is -2.12. The summed E-state index contributed by atoms with van der Waals surface area (Å²) in [4.78, 5) is 4.38. The largest absolute Gasteiger partial charge is 0.490 e. The zero-order valence-electron chi connectivity index (χ0n) is 12.0. The van der Waals surface area contributed by atoms with Gasteiger partial charge in [-0.3, -0.25) is 4.98 Å². The smallest absolute Gasteiger partial charge is 0.137 e. The standard InChI is InChI=1S/C14H24N2O3/c1-4-15-12(2)14-6-5-13(11-16-14)19-10-9-18-8-7-17-3/h5-6,11-12,15H,4,7-10H2,1-3H3. The first-order valence-corrected chi connectivity index (χ1v) is 6.66. The Kier molecular flexibility index (Phi) is 8.13. The zero-order chi connectivity index (χ0) is 13.9. The fraction of sp³-hybridized carbons (Fsp3) is 0.643. The molecule has 1 heterocycles. The lowest BCUT2D eigenvalue weighted by molar-refractivity contribution is 0.0543. The van der Waals surface area contributed by atoms with E-state index in [1.54, 1.807) is 13.3 Å². The summed E-state index contributed by atoms with van der Waals surface area (Å²) in [5, 5.41) is 3.32. The highest BCUT2D eigenvalue weighted by Crippen LogP contribution is 2.14. The molecular formula is C14H24N2O3. The maximum atomic E-state index is 5.53. The lowest BCUT2D eigenvalue weighted by atomic mass is 10.2. The van der Waals surface area contributed by atoms with Crippen molar-refractivity contribution in [3.8, 4) is 5.75 Å². The van der Waals surface area contributed by atoms with Crippen LogP contribution in [0.1, 0.15) is 25.6 Å². The molecular weight excluding hydrogens is 244 g/mol. The second-order valence-electron chi connectivity index (χ2n) is 4.15. The van der Waals surface area contributed by atoms with E-state index in [4.69, 9.17) is 14.2 Å². The molecule has 0 aliphatic carbocycles. The molecule has 1 N–H and O–H groups in total. The molecule has 108 valence electrons. The van der Waals surface area contributed by atoms with Crippen LogP contribution in [0.2, 0.25) is 0 Å². The van der Waals surface area contributed by atoms with E-state index in [9.17, 15) is 0 Å². The normalized spacial score (nSPS) is 12.4. The first-order valence-electron chi connectivity index (χ1n) is 6.66. The summed E-state index contributed by atoms with van der Waals surface area (Å²) >= 11 is 0. The van der Waals surface area contributed by atoms with Gasteiger partial charge in [0, 0.05) is 13.2 Å². The van der Waals surface area contributed by atoms with E-state index in [-0.39, 0.29) is 6.04 Å². The molecule has 0 aliphatic heterocycles. The average Bonchev–Trinajstić information content (AvgIpc) is 2.43. The molecule has 0 amide bonds. The van der Waals surface area contributed by atoms with Gasteiger partial charge in [0.1, 0.15) is 12.4 Å². The number of aromatic nitrogens is 1. The third kappa shape index (κ3) is 6.52. The van der Waals surface area contributed by atoms with Crippen LogP contribution >= 0.6 is 0 Å². The number of nitrogens with one attached hydrogen (secondary N) is 1. The van der Waals surface area contributed by atoms with Gasteiger partial charge in [-0.05, 0) is 25.6 Å². The Hall–Kier alpha value is -1.17. The van der Waals surface area contributed by atoms with E-state index in [1.165, 1.54) is 0 Å². The van der Waals surface area contributed by atoms with Gasteiger partial charge in [0.15, 0.2) is 0 Å². The van der Waals surface area contributed by atoms with E-state index in [0.717, 1.165) is 18.0 Å². The highest BCUT2D eigenvalue weighted by molar-refractivity contribution is 5.21. The topological polar surface area (TPSA) is 52.6 Å². The second-order valence-corrected chi connectivity index (χ2v) is 4.15. The molecule has 0 aromatic carbocycles. The van der Waals surface area contributed by atoms with Gasteiger partial charge in [-0.25, -0.2) is 0 Å². The average molecular weight is 268 g/mol. The molecule has 5 heteroatoms. The van der Waals surface area contributed by atoms with Gasteiger partial charge < -0.3 is 19.5 Å². The van der Waals surface area contributed by atoms with Crippen molar-refractivity contribution in [1.29, 1.82) is 0 Å². The number of ether oxygens (including phenoxy) is 3. The number of rotatable bonds is 10. The molecule has 1 unspecified atom stereocenters. The number of hydrogen-bond acceptors (Lipinski definition) is 5. The van der Waals surface area contributed by atoms with Crippen LogP contribution < -0.4 is 10.1 Å². The van der Waals surface area contributed by atoms with Crippen LogP contribution in [-0.4, -0.2) is 45.1 Å². The minimum absolute atomic E-state index is 0.261. The van der Waals surface area contributed by atoms with Gasteiger partial charge in [0.05, 0.1) is 31.7 Å². The Morgan fingerprint density at radius 3 is 2.63 bits per heavy atom. The molecule has 0 aliphatic rings. The van der Waals surface area contributed by atoms with Gasteiger partial charge in [0.25, 0.3) is 0 Å². The van der Waals surface area contributed by atoms with Gasteiger partial charge >= 0.3 is 0 Å². The number of nitrogens with zero attached hydrogens (tertiary/aromatic N) is 1. The van der Waals surface area contributed by atoms with Crippen LogP contribution in [0.4, 0.5) is 0 Å². The fourth-order valence-corrected chi connectivity index (χ4v) is 1.61. The van der Waals surface area contributed by atoms with Crippen molar-refractivity contribution >= 4 is 0 Å². The van der Waals surface area contributed by atoms with Gasteiger partial charge in [0.2, 0.25) is 0 Å². The molecule has 1 atom stereocenters. The molecule has 1 aromatic rings. The molecule has 0 bridgehead atoms. The van der Waals surface area contributed by atoms with E-state index in [2.05, 4.69) is 24.1 Å². The SMILES string of the molecule is CCNC(C)c1ccc(OCCOCCOC)cn1. The van der Waals surface area contributed by atoms with Crippen LogP contribution in [0.5, 0.6) is 5.75 Å². The van der Waals surface area contributed by atoms with Crippen molar-refractivity contribution in [3.63, 3.8) is 0 Å². The summed E-state index contributed by atoms with van der Waals surface area (Å²) < 4.78 is 15.7. The lowest BCUT2D eigenvalue weighted by Crippen LogP contribution is -2.18. The Labute approximate surface area is 115 Å². The Morgan fingerprint density at radius 2 is 2.00 bits per heavy atom. The van der Waals surface area contributed by atoms with Crippen LogP contribution in [0.25, 0.3) is 0 Å². The Morgan fingerprint density at radius 1 is 1.21 bits per heavy atom. The van der Waals surface area contributed by atoms with Crippen molar-refractivity contribution in [3.05, 3.63) is 24.0 Å². The molecule has 1 rings (SSSR count). The summed E-state index contributed by atoms with van der Waals surface area (Å²) in [6.07, 6.45) is 1.75. The van der Waals surface area contributed by atoms with E-state index in [1.807, 2.05) is 12.1 Å². The molecule has 1 aromatic heterocycles. The monoisotopic (exact) mass is 268 g/mol. The summed E-state index contributed by atoms with van der Waals surface area (Å²) in [5.41, 5.74) is 1.02. The van der Waals surface area contributed by atoms with E-state index < -0.39 is 0 Å². The molecule has 0 spiro atoms. The Bertz CT molecular complexity index is 330. The zero-order valence-corrected chi connectivity index (χ0v) is 12.0.